The third-order valence-electron chi connectivity index (χ3n) is 1.35. The molecule has 1 rings (SSSR count). The van der Waals surface area contributed by atoms with Gasteiger partial charge in [-0.3, -0.25) is 4.68 Å². The Kier molecular flexibility index (Phi) is 3.61. The number of hydrogen-bond acceptors (Lipinski definition) is 3. The molecule has 0 aliphatic carbocycles. The zero-order valence-electron chi connectivity index (χ0n) is 6.73. The SMILES string of the molecule is CCOCCCn1ccnn1. The molecular weight excluding hydrogens is 142 g/mol. The van der Waals surface area contributed by atoms with E-state index in [0.717, 1.165) is 26.2 Å². The Hall–Kier alpha value is -0.900. The molecule has 0 aliphatic rings. The van der Waals surface area contributed by atoms with Crippen LogP contribution in [0.3, 0.4) is 0 Å². The van der Waals surface area contributed by atoms with E-state index in [4.69, 9.17) is 4.74 Å². The number of aromatic nitrogens is 3. The maximum absolute atomic E-state index is 5.17. The summed E-state index contributed by atoms with van der Waals surface area (Å²) in [5, 5.41) is 7.52. The third-order valence-corrected chi connectivity index (χ3v) is 1.35. The summed E-state index contributed by atoms with van der Waals surface area (Å²) in [4.78, 5) is 0. The van der Waals surface area contributed by atoms with Gasteiger partial charge in [-0.1, -0.05) is 5.21 Å². The van der Waals surface area contributed by atoms with Crippen LogP contribution in [-0.2, 0) is 11.3 Å². The first-order valence-corrected chi connectivity index (χ1v) is 3.85. The molecule has 0 bridgehead atoms. The summed E-state index contributed by atoms with van der Waals surface area (Å²) in [5.74, 6) is 0. The maximum atomic E-state index is 5.17. The van der Waals surface area contributed by atoms with Crippen molar-refractivity contribution < 1.29 is 4.74 Å². The fourth-order valence-corrected chi connectivity index (χ4v) is 0.825. The highest BCUT2D eigenvalue weighted by atomic mass is 16.5. The lowest BCUT2D eigenvalue weighted by Gasteiger charge is -1.99. The molecule has 0 N–H and O–H groups in total. The first-order chi connectivity index (χ1) is 5.43. The lowest BCUT2D eigenvalue weighted by Crippen LogP contribution is -2.03. The molecule has 0 aliphatic heterocycles. The normalized spacial score (nSPS) is 10.3. The van der Waals surface area contributed by atoms with Gasteiger partial charge in [0.1, 0.15) is 0 Å². The number of aryl methyl sites for hydroxylation is 1. The number of hydrogen-bond donors (Lipinski definition) is 0. The maximum Gasteiger partial charge on any atom is 0.0692 e. The molecular formula is C7H13N3O. The molecule has 4 heteroatoms. The molecule has 0 amide bonds. The predicted molar refractivity (Wildman–Crippen MR) is 41.1 cm³/mol. The van der Waals surface area contributed by atoms with E-state index in [-0.39, 0.29) is 0 Å². The molecule has 0 spiro atoms. The summed E-state index contributed by atoms with van der Waals surface area (Å²) in [6.07, 6.45) is 4.53. The molecule has 0 aromatic carbocycles. The smallest absolute Gasteiger partial charge is 0.0692 e. The number of ether oxygens (including phenoxy) is 1. The standard InChI is InChI=1S/C7H13N3O/c1-2-11-7-3-5-10-6-4-8-9-10/h4,6H,2-3,5,7H2,1H3. The molecule has 0 fully saturated rings. The second-order valence-electron chi connectivity index (χ2n) is 2.22. The summed E-state index contributed by atoms with van der Waals surface area (Å²) >= 11 is 0. The Balaban J connectivity index is 2.04. The minimum atomic E-state index is 0.789. The highest BCUT2D eigenvalue weighted by Crippen LogP contribution is 1.87. The molecule has 0 saturated carbocycles. The highest BCUT2D eigenvalue weighted by molar-refractivity contribution is 4.63. The van der Waals surface area contributed by atoms with Gasteiger partial charge in [0.2, 0.25) is 0 Å². The molecule has 11 heavy (non-hydrogen) atoms. The van der Waals surface area contributed by atoms with Gasteiger partial charge in [0.05, 0.1) is 6.20 Å². The van der Waals surface area contributed by atoms with Gasteiger partial charge in [-0.2, -0.15) is 0 Å². The van der Waals surface area contributed by atoms with Crippen LogP contribution in [0.4, 0.5) is 0 Å². The summed E-state index contributed by atoms with van der Waals surface area (Å²) in [6, 6.07) is 0. The van der Waals surface area contributed by atoms with E-state index >= 15 is 0 Å². The van der Waals surface area contributed by atoms with E-state index in [1.807, 2.05) is 13.1 Å². The van der Waals surface area contributed by atoms with Gasteiger partial charge in [0, 0.05) is 26.0 Å². The van der Waals surface area contributed by atoms with Crippen molar-refractivity contribution in [3.05, 3.63) is 12.4 Å². The Morgan fingerprint density at radius 1 is 1.55 bits per heavy atom. The van der Waals surface area contributed by atoms with E-state index in [1.165, 1.54) is 0 Å². The number of rotatable bonds is 5. The topological polar surface area (TPSA) is 39.9 Å². The van der Waals surface area contributed by atoms with Crippen molar-refractivity contribution in [3.63, 3.8) is 0 Å². The quantitative estimate of drug-likeness (QED) is 0.588. The summed E-state index contributed by atoms with van der Waals surface area (Å²) in [6.45, 7) is 4.48. The van der Waals surface area contributed by atoms with Crippen molar-refractivity contribution in [2.24, 2.45) is 0 Å². The van der Waals surface area contributed by atoms with Crippen LogP contribution in [0, 0.1) is 0 Å². The third kappa shape index (κ3) is 3.13. The Labute approximate surface area is 66.2 Å². The van der Waals surface area contributed by atoms with Crippen molar-refractivity contribution in [1.29, 1.82) is 0 Å². The predicted octanol–water partition coefficient (Wildman–Crippen LogP) is 0.705. The van der Waals surface area contributed by atoms with E-state index in [9.17, 15) is 0 Å². The van der Waals surface area contributed by atoms with Gasteiger partial charge in [0.15, 0.2) is 0 Å². The first kappa shape index (κ1) is 8.20. The second kappa shape index (κ2) is 4.85. The van der Waals surface area contributed by atoms with Gasteiger partial charge in [-0.15, -0.1) is 5.10 Å². The largest absolute Gasteiger partial charge is 0.382 e. The fourth-order valence-electron chi connectivity index (χ4n) is 0.825. The Morgan fingerprint density at radius 3 is 3.09 bits per heavy atom. The van der Waals surface area contributed by atoms with Crippen LogP contribution in [-0.4, -0.2) is 28.2 Å². The van der Waals surface area contributed by atoms with Crippen LogP contribution < -0.4 is 0 Å². The minimum absolute atomic E-state index is 0.789. The molecule has 4 nitrogen and oxygen atoms in total. The molecule has 1 heterocycles. The molecule has 1 aromatic heterocycles. The van der Waals surface area contributed by atoms with Crippen LogP contribution in [0.5, 0.6) is 0 Å². The minimum Gasteiger partial charge on any atom is -0.382 e. The zero-order valence-corrected chi connectivity index (χ0v) is 6.73. The van der Waals surface area contributed by atoms with Crippen LogP contribution in [0.2, 0.25) is 0 Å². The van der Waals surface area contributed by atoms with Crippen LogP contribution in [0.15, 0.2) is 12.4 Å². The van der Waals surface area contributed by atoms with Gasteiger partial charge < -0.3 is 4.74 Å². The lowest BCUT2D eigenvalue weighted by molar-refractivity contribution is 0.140. The molecule has 1 aromatic rings. The van der Waals surface area contributed by atoms with Gasteiger partial charge >= 0.3 is 0 Å². The monoisotopic (exact) mass is 155 g/mol. The lowest BCUT2D eigenvalue weighted by atomic mass is 10.4. The van der Waals surface area contributed by atoms with Crippen molar-refractivity contribution in [2.75, 3.05) is 13.2 Å². The first-order valence-electron chi connectivity index (χ1n) is 3.85. The van der Waals surface area contributed by atoms with Crippen molar-refractivity contribution in [2.45, 2.75) is 19.9 Å². The Morgan fingerprint density at radius 2 is 2.45 bits per heavy atom. The highest BCUT2D eigenvalue weighted by Gasteiger charge is 1.90. The zero-order chi connectivity index (χ0) is 7.94. The summed E-state index contributed by atoms with van der Waals surface area (Å²) in [7, 11) is 0. The average Bonchev–Trinajstić information content (AvgIpc) is 2.50. The molecule has 0 unspecified atom stereocenters. The van der Waals surface area contributed by atoms with Crippen molar-refractivity contribution in [3.8, 4) is 0 Å². The molecule has 0 radical (unpaired) electrons. The van der Waals surface area contributed by atoms with E-state index < -0.39 is 0 Å². The molecule has 62 valence electrons. The van der Waals surface area contributed by atoms with Gasteiger partial charge in [0.25, 0.3) is 0 Å². The van der Waals surface area contributed by atoms with E-state index in [0.29, 0.717) is 0 Å². The molecule has 0 saturated heterocycles. The fraction of sp³-hybridized carbons (Fsp3) is 0.714. The second-order valence-corrected chi connectivity index (χ2v) is 2.22. The van der Waals surface area contributed by atoms with Gasteiger partial charge in [-0.05, 0) is 13.3 Å². The number of nitrogens with zero attached hydrogens (tertiary/aromatic N) is 3. The summed E-state index contributed by atoms with van der Waals surface area (Å²) in [5.41, 5.74) is 0. The average molecular weight is 155 g/mol. The summed E-state index contributed by atoms with van der Waals surface area (Å²) < 4.78 is 6.97. The van der Waals surface area contributed by atoms with Crippen molar-refractivity contribution >= 4 is 0 Å². The van der Waals surface area contributed by atoms with Crippen LogP contribution in [0.1, 0.15) is 13.3 Å². The van der Waals surface area contributed by atoms with Crippen LogP contribution >= 0.6 is 0 Å². The van der Waals surface area contributed by atoms with E-state index in [2.05, 4.69) is 10.3 Å². The van der Waals surface area contributed by atoms with Crippen molar-refractivity contribution in [1.82, 2.24) is 15.0 Å². The van der Waals surface area contributed by atoms with Crippen LogP contribution in [0.25, 0.3) is 0 Å². The van der Waals surface area contributed by atoms with E-state index in [1.54, 1.807) is 10.9 Å². The van der Waals surface area contributed by atoms with Gasteiger partial charge in [-0.25, -0.2) is 0 Å². The molecule has 0 atom stereocenters. The Bertz CT molecular complexity index is 174.